The van der Waals surface area contributed by atoms with Gasteiger partial charge in [-0.3, -0.25) is 4.90 Å². The summed E-state index contributed by atoms with van der Waals surface area (Å²) in [4.78, 5) is 16.7. The zero-order valence-corrected chi connectivity index (χ0v) is 17.7. The number of H-pyrrole nitrogens is 1. The highest BCUT2D eigenvalue weighted by atomic mass is 19.1. The minimum Gasteiger partial charge on any atom is -0.478 e. The first-order chi connectivity index (χ1) is 15.4. The number of carbonyl (C=O) groups is 1. The van der Waals surface area contributed by atoms with Crippen molar-refractivity contribution in [3.8, 4) is 0 Å². The molecule has 2 N–H and O–H groups in total. The van der Waals surface area contributed by atoms with E-state index in [0.29, 0.717) is 0 Å². The van der Waals surface area contributed by atoms with Crippen LogP contribution >= 0.6 is 0 Å². The van der Waals surface area contributed by atoms with Gasteiger partial charge in [0.2, 0.25) is 0 Å². The highest BCUT2D eigenvalue weighted by Crippen LogP contribution is 2.64. The fraction of sp³-hybridized carbons (Fsp3) is 0.346. The lowest BCUT2D eigenvalue weighted by Gasteiger charge is -2.70. The Morgan fingerprint density at radius 2 is 1.88 bits per heavy atom. The van der Waals surface area contributed by atoms with Crippen molar-refractivity contribution in [2.45, 2.75) is 50.2 Å². The summed E-state index contributed by atoms with van der Waals surface area (Å²) < 4.78 is 31.1. The van der Waals surface area contributed by atoms with Crippen molar-refractivity contribution in [2.75, 3.05) is 0 Å². The van der Waals surface area contributed by atoms with E-state index in [1.165, 1.54) is 18.2 Å². The van der Waals surface area contributed by atoms with Gasteiger partial charge in [-0.05, 0) is 73.9 Å². The minimum absolute atomic E-state index is 0.0183. The number of aromatic nitrogens is 1. The van der Waals surface area contributed by atoms with E-state index in [9.17, 15) is 4.79 Å². The Bertz CT molecular complexity index is 1250. The first kappa shape index (κ1) is 19.7. The van der Waals surface area contributed by atoms with Gasteiger partial charge in [0.25, 0.3) is 0 Å². The van der Waals surface area contributed by atoms with E-state index in [1.807, 2.05) is 18.2 Å². The SMILES string of the molecule is C[C@H]1Cc2c([nH]c3ccccc23)[C@H](c2c(F)cc(/C=C/C(=O)O)cc2F)N1C12CC(C1)C2. The largest absolute Gasteiger partial charge is 0.478 e. The van der Waals surface area contributed by atoms with E-state index in [4.69, 9.17) is 5.11 Å². The number of rotatable bonds is 4. The lowest BCUT2D eigenvalue weighted by molar-refractivity contribution is -0.174. The summed E-state index contributed by atoms with van der Waals surface area (Å²) in [5.74, 6) is -1.70. The van der Waals surface area contributed by atoms with E-state index >= 15 is 8.78 Å². The highest BCUT2D eigenvalue weighted by Gasteiger charge is 2.63. The van der Waals surface area contributed by atoms with Crippen LogP contribution in [0.4, 0.5) is 8.78 Å². The normalized spacial score (nSPS) is 29.0. The molecule has 2 aromatic carbocycles. The third kappa shape index (κ3) is 2.72. The molecule has 2 atom stereocenters. The number of nitrogens with zero attached hydrogens (tertiary/aromatic N) is 1. The number of fused-ring (bicyclic) bond motifs is 3. The Hall–Kier alpha value is -2.99. The molecule has 4 nitrogen and oxygen atoms in total. The number of carboxylic acid groups (broad SMARTS) is 1. The summed E-state index contributed by atoms with van der Waals surface area (Å²) in [7, 11) is 0. The number of aromatic amines is 1. The first-order valence-corrected chi connectivity index (χ1v) is 11.1. The van der Waals surface area contributed by atoms with Crippen LogP contribution in [0.5, 0.6) is 0 Å². The third-order valence-electron chi connectivity index (χ3n) is 7.72. The van der Waals surface area contributed by atoms with Gasteiger partial charge in [0.15, 0.2) is 0 Å². The quantitative estimate of drug-likeness (QED) is 0.538. The van der Waals surface area contributed by atoms with Gasteiger partial charge < -0.3 is 10.1 Å². The Kier molecular flexibility index (Phi) is 4.15. The number of nitrogens with one attached hydrogen (secondary N) is 1. The minimum atomic E-state index is -1.16. The molecule has 3 saturated carbocycles. The highest BCUT2D eigenvalue weighted by molar-refractivity contribution is 5.86. The Labute approximate surface area is 184 Å². The summed E-state index contributed by atoms with van der Waals surface area (Å²) in [6.07, 6.45) is 6.21. The summed E-state index contributed by atoms with van der Waals surface area (Å²) in [5.41, 5.74) is 3.25. The van der Waals surface area contributed by atoms with Crippen LogP contribution in [0.1, 0.15) is 54.6 Å². The molecule has 0 saturated heterocycles. The van der Waals surface area contributed by atoms with Crippen molar-refractivity contribution in [1.29, 1.82) is 0 Å². The van der Waals surface area contributed by atoms with Gasteiger partial charge in [-0.1, -0.05) is 18.2 Å². The van der Waals surface area contributed by atoms with Gasteiger partial charge in [0.1, 0.15) is 11.6 Å². The number of halogens is 2. The molecule has 0 radical (unpaired) electrons. The number of hydrogen-bond acceptors (Lipinski definition) is 2. The summed E-state index contributed by atoms with van der Waals surface area (Å²) in [5, 5.41) is 9.97. The molecule has 6 heteroatoms. The molecular weight excluding hydrogens is 410 g/mol. The van der Waals surface area contributed by atoms with E-state index in [-0.39, 0.29) is 22.7 Å². The summed E-state index contributed by atoms with van der Waals surface area (Å²) in [6, 6.07) is 10.1. The maximum atomic E-state index is 15.5. The molecular formula is C26H24F2N2O2. The molecule has 32 heavy (non-hydrogen) atoms. The van der Waals surface area contributed by atoms with Gasteiger partial charge in [0.05, 0.1) is 6.04 Å². The van der Waals surface area contributed by atoms with Gasteiger partial charge in [-0.2, -0.15) is 0 Å². The van der Waals surface area contributed by atoms with E-state index in [1.54, 1.807) is 0 Å². The van der Waals surface area contributed by atoms with Crippen molar-refractivity contribution >= 4 is 22.9 Å². The first-order valence-electron chi connectivity index (χ1n) is 11.1. The van der Waals surface area contributed by atoms with Gasteiger partial charge in [-0.25, -0.2) is 13.6 Å². The van der Waals surface area contributed by atoms with Crippen LogP contribution in [0, 0.1) is 17.6 Å². The van der Waals surface area contributed by atoms with Crippen LogP contribution in [0.3, 0.4) is 0 Å². The Balaban J connectivity index is 1.54. The molecule has 164 valence electrons. The average molecular weight is 434 g/mol. The molecule has 1 aliphatic heterocycles. The standard InChI is InChI=1S/C26H24F2N2O2/c1-14-8-18-17-4-2-3-5-21(17)29-24(18)25(30(14)26-11-16(12-26)13-26)23-19(27)9-15(10-20(23)28)6-7-22(31)32/h2-7,9-10,14,16,25,29H,8,11-13H2,1H3,(H,31,32)/b7-6+/t14-,16?,25-,26?/m0/s1. The second-order valence-electron chi connectivity index (χ2n) is 9.70. The number of aliphatic carboxylic acids is 1. The van der Waals surface area contributed by atoms with E-state index in [2.05, 4.69) is 22.9 Å². The zero-order valence-electron chi connectivity index (χ0n) is 17.7. The van der Waals surface area contributed by atoms with Crippen LogP contribution in [0.25, 0.3) is 17.0 Å². The number of hydrogen-bond donors (Lipinski definition) is 2. The van der Waals surface area contributed by atoms with E-state index in [0.717, 1.165) is 59.8 Å². The Morgan fingerprint density at radius 1 is 1.19 bits per heavy atom. The van der Waals surface area contributed by atoms with Gasteiger partial charge in [-0.15, -0.1) is 0 Å². The lowest BCUT2D eigenvalue weighted by Crippen LogP contribution is -2.71. The van der Waals surface area contributed by atoms with Crippen LogP contribution in [-0.2, 0) is 11.2 Å². The van der Waals surface area contributed by atoms with Crippen molar-refractivity contribution in [2.24, 2.45) is 5.92 Å². The number of carboxylic acids is 1. The van der Waals surface area contributed by atoms with Crippen molar-refractivity contribution < 1.29 is 18.7 Å². The molecule has 0 amide bonds. The lowest BCUT2D eigenvalue weighted by atomic mass is 9.48. The Morgan fingerprint density at radius 3 is 2.50 bits per heavy atom. The van der Waals surface area contributed by atoms with Gasteiger partial charge >= 0.3 is 5.97 Å². The summed E-state index contributed by atoms with van der Waals surface area (Å²) >= 11 is 0. The van der Waals surface area contributed by atoms with Crippen LogP contribution < -0.4 is 0 Å². The fourth-order valence-corrected chi connectivity index (χ4v) is 6.36. The topological polar surface area (TPSA) is 56.3 Å². The average Bonchev–Trinajstić information content (AvgIpc) is 3.04. The zero-order chi connectivity index (χ0) is 22.2. The summed E-state index contributed by atoms with van der Waals surface area (Å²) in [6.45, 7) is 2.16. The van der Waals surface area contributed by atoms with Crippen LogP contribution in [0.15, 0.2) is 42.5 Å². The predicted molar refractivity (Wildman–Crippen MR) is 118 cm³/mol. The maximum Gasteiger partial charge on any atom is 0.328 e. The van der Waals surface area contributed by atoms with Crippen molar-refractivity contribution in [3.63, 3.8) is 0 Å². The molecule has 4 aliphatic rings. The smallest absolute Gasteiger partial charge is 0.328 e. The molecule has 0 spiro atoms. The molecule has 3 aliphatic carbocycles. The molecule has 1 aromatic heterocycles. The molecule has 3 fully saturated rings. The van der Waals surface area contributed by atoms with E-state index < -0.39 is 23.6 Å². The third-order valence-corrected chi connectivity index (χ3v) is 7.72. The molecule has 0 unspecified atom stereocenters. The number of benzene rings is 2. The monoisotopic (exact) mass is 434 g/mol. The maximum absolute atomic E-state index is 15.5. The fourth-order valence-electron chi connectivity index (χ4n) is 6.36. The molecule has 7 rings (SSSR count). The predicted octanol–water partition coefficient (Wildman–Crippen LogP) is 5.43. The second-order valence-corrected chi connectivity index (χ2v) is 9.70. The molecule has 2 heterocycles. The number of para-hydroxylation sites is 1. The van der Waals surface area contributed by atoms with Crippen LogP contribution in [0.2, 0.25) is 0 Å². The van der Waals surface area contributed by atoms with Crippen molar-refractivity contribution in [1.82, 2.24) is 9.88 Å². The van der Waals surface area contributed by atoms with Crippen LogP contribution in [-0.4, -0.2) is 32.5 Å². The van der Waals surface area contributed by atoms with Crippen molar-refractivity contribution in [3.05, 3.63) is 76.5 Å². The second kappa shape index (κ2) is 6.75. The van der Waals surface area contributed by atoms with Gasteiger partial charge in [0, 0.05) is 39.8 Å². The molecule has 3 aromatic rings. The molecule has 2 bridgehead atoms.